The molecule has 3 aromatic rings. The van der Waals surface area contributed by atoms with E-state index >= 15 is 0 Å². The van der Waals surface area contributed by atoms with Crippen molar-refractivity contribution in [3.05, 3.63) is 47.7 Å². The zero-order valence-electron chi connectivity index (χ0n) is 14.3. The summed E-state index contributed by atoms with van der Waals surface area (Å²) in [6.45, 7) is 2.67. The van der Waals surface area contributed by atoms with Gasteiger partial charge in [-0.2, -0.15) is 5.10 Å². The Morgan fingerprint density at radius 3 is 3.20 bits per heavy atom. The van der Waals surface area contributed by atoms with Gasteiger partial charge in [0.05, 0.1) is 19.0 Å². The molecule has 1 aliphatic heterocycles. The molecule has 1 aromatic carbocycles. The highest BCUT2D eigenvalue weighted by atomic mass is 16.5. The summed E-state index contributed by atoms with van der Waals surface area (Å²) in [4.78, 5) is 0. The van der Waals surface area contributed by atoms with Crippen LogP contribution in [0, 0.1) is 0 Å². The monoisotopic (exact) mass is 338 g/mol. The number of methoxy groups -OCH3 is 1. The molecule has 130 valence electrons. The van der Waals surface area contributed by atoms with E-state index in [-0.39, 0.29) is 0 Å². The predicted molar refractivity (Wildman–Crippen MR) is 94.3 cm³/mol. The first-order chi connectivity index (χ1) is 12.3. The molecule has 0 saturated heterocycles. The SMILES string of the molecule is COc1cccc(-c2[nH]ncc2CNCCc2nnc3n2CCC3)c1. The van der Waals surface area contributed by atoms with E-state index in [1.807, 2.05) is 24.4 Å². The fraction of sp³-hybridized carbons (Fsp3) is 0.389. The number of benzene rings is 1. The van der Waals surface area contributed by atoms with Crippen LogP contribution in [0.4, 0.5) is 0 Å². The van der Waals surface area contributed by atoms with Crippen molar-refractivity contribution in [2.75, 3.05) is 13.7 Å². The van der Waals surface area contributed by atoms with Crippen molar-refractivity contribution < 1.29 is 4.74 Å². The number of rotatable bonds is 7. The van der Waals surface area contributed by atoms with Gasteiger partial charge in [0, 0.05) is 43.6 Å². The van der Waals surface area contributed by atoms with Crippen LogP contribution in [0.15, 0.2) is 30.5 Å². The van der Waals surface area contributed by atoms with E-state index in [2.05, 4.69) is 36.3 Å². The van der Waals surface area contributed by atoms with Crippen molar-refractivity contribution in [1.29, 1.82) is 0 Å². The molecule has 7 heteroatoms. The first-order valence-electron chi connectivity index (χ1n) is 8.63. The van der Waals surface area contributed by atoms with E-state index in [1.165, 1.54) is 6.42 Å². The van der Waals surface area contributed by atoms with Gasteiger partial charge < -0.3 is 14.6 Å². The van der Waals surface area contributed by atoms with Crippen LogP contribution in [0.5, 0.6) is 5.75 Å². The van der Waals surface area contributed by atoms with Crippen LogP contribution in [0.25, 0.3) is 11.3 Å². The third-order valence-electron chi connectivity index (χ3n) is 4.60. The van der Waals surface area contributed by atoms with Crippen LogP contribution in [0.1, 0.15) is 23.6 Å². The maximum absolute atomic E-state index is 5.30. The van der Waals surface area contributed by atoms with E-state index in [1.54, 1.807) is 7.11 Å². The normalized spacial score (nSPS) is 13.2. The summed E-state index contributed by atoms with van der Waals surface area (Å²) in [7, 11) is 1.68. The van der Waals surface area contributed by atoms with Gasteiger partial charge in [-0.25, -0.2) is 0 Å². The lowest BCUT2D eigenvalue weighted by atomic mass is 10.1. The molecule has 2 N–H and O–H groups in total. The number of aromatic nitrogens is 5. The van der Waals surface area contributed by atoms with Crippen LogP contribution in [0.3, 0.4) is 0 Å². The molecule has 0 aliphatic carbocycles. The second-order valence-electron chi connectivity index (χ2n) is 6.22. The molecule has 25 heavy (non-hydrogen) atoms. The maximum atomic E-state index is 5.30. The molecule has 0 fully saturated rings. The summed E-state index contributed by atoms with van der Waals surface area (Å²) >= 11 is 0. The third-order valence-corrected chi connectivity index (χ3v) is 4.60. The first kappa shape index (κ1) is 15.8. The minimum absolute atomic E-state index is 0.754. The van der Waals surface area contributed by atoms with Crippen LogP contribution in [-0.2, 0) is 25.9 Å². The topological polar surface area (TPSA) is 80.7 Å². The highest BCUT2D eigenvalue weighted by molar-refractivity contribution is 5.64. The molecule has 3 heterocycles. The average Bonchev–Trinajstić information content (AvgIpc) is 3.36. The number of nitrogens with zero attached hydrogens (tertiary/aromatic N) is 4. The summed E-state index contributed by atoms with van der Waals surface area (Å²) in [5, 5.41) is 19.3. The molecule has 0 bridgehead atoms. The summed E-state index contributed by atoms with van der Waals surface area (Å²) in [6, 6.07) is 7.99. The molecule has 0 unspecified atom stereocenters. The van der Waals surface area contributed by atoms with E-state index in [9.17, 15) is 0 Å². The Balaban J connectivity index is 1.36. The molecule has 0 spiro atoms. The number of ether oxygens (including phenoxy) is 1. The van der Waals surface area contributed by atoms with Crippen LogP contribution in [-0.4, -0.2) is 38.6 Å². The van der Waals surface area contributed by atoms with Gasteiger partial charge in [0.2, 0.25) is 0 Å². The molecular weight excluding hydrogens is 316 g/mol. The van der Waals surface area contributed by atoms with Crippen molar-refractivity contribution in [3.63, 3.8) is 0 Å². The van der Waals surface area contributed by atoms with Crippen LogP contribution >= 0.6 is 0 Å². The summed E-state index contributed by atoms with van der Waals surface area (Å²) in [6.07, 6.45) is 5.00. The molecule has 2 aromatic heterocycles. The van der Waals surface area contributed by atoms with Gasteiger partial charge in [-0.05, 0) is 18.6 Å². The number of aromatic amines is 1. The Labute approximate surface area is 146 Å². The molecule has 0 atom stereocenters. The number of fused-ring (bicyclic) bond motifs is 1. The predicted octanol–water partition coefficient (Wildman–Crippen LogP) is 1.96. The second kappa shape index (κ2) is 7.06. The Hall–Kier alpha value is -2.67. The molecule has 0 saturated carbocycles. The van der Waals surface area contributed by atoms with Crippen molar-refractivity contribution >= 4 is 0 Å². The van der Waals surface area contributed by atoms with Crippen LogP contribution < -0.4 is 10.1 Å². The number of aryl methyl sites for hydroxylation is 1. The van der Waals surface area contributed by atoms with E-state index in [0.29, 0.717) is 0 Å². The molecular formula is C18H22N6O. The van der Waals surface area contributed by atoms with Gasteiger partial charge in [-0.15, -0.1) is 10.2 Å². The largest absolute Gasteiger partial charge is 0.497 e. The maximum Gasteiger partial charge on any atom is 0.134 e. The number of nitrogens with one attached hydrogen (secondary N) is 2. The van der Waals surface area contributed by atoms with Crippen molar-refractivity contribution in [2.45, 2.75) is 32.4 Å². The Morgan fingerprint density at radius 2 is 2.28 bits per heavy atom. The van der Waals surface area contributed by atoms with Crippen molar-refractivity contribution in [2.24, 2.45) is 0 Å². The molecule has 7 nitrogen and oxygen atoms in total. The van der Waals surface area contributed by atoms with E-state index in [4.69, 9.17) is 4.74 Å². The Kier molecular flexibility index (Phi) is 4.47. The molecule has 1 aliphatic rings. The minimum atomic E-state index is 0.754. The van der Waals surface area contributed by atoms with E-state index < -0.39 is 0 Å². The first-order valence-corrected chi connectivity index (χ1v) is 8.63. The molecule has 4 rings (SSSR count). The standard InChI is InChI=1S/C18H22N6O/c1-25-15-5-2-4-13(10-15)18-14(12-20-23-18)11-19-8-7-17-22-21-16-6-3-9-24(16)17/h2,4-5,10,12,19H,3,6-9,11H2,1H3,(H,20,23). The third kappa shape index (κ3) is 3.28. The Bertz CT molecular complexity index is 853. The fourth-order valence-corrected chi connectivity index (χ4v) is 3.29. The van der Waals surface area contributed by atoms with Crippen molar-refractivity contribution in [1.82, 2.24) is 30.3 Å². The lowest BCUT2D eigenvalue weighted by molar-refractivity contribution is 0.415. The number of hydrogen-bond acceptors (Lipinski definition) is 5. The van der Waals surface area contributed by atoms with Gasteiger partial charge in [0.25, 0.3) is 0 Å². The zero-order valence-corrected chi connectivity index (χ0v) is 14.3. The van der Waals surface area contributed by atoms with Gasteiger partial charge >= 0.3 is 0 Å². The summed E-state index contributed by atoms with van der Waals surface area (Å²) in [5.74, 6) is 3.05. The van der Waals surface area contributed by atoms with Crippen LogP contribution in [0.2, 0.25) is 0 Å². The van der Waals surface area contributed by atoms with Gasteiger partial charge in [0.1, 0.15) is 17.4 Å². The molecule has 0 radical (unpaired) electrons. The summed E-state index contributed by atoms with van der Waals surface area (Å²) < 4.78 is 7.56. The number of H-pyrrole nitrogens is 1. The fourth-order valence-electron chi connectivity index (χ4n) is 3.29. The zero-order chi connectivity index (χ0) is 17.1. The second-order valence-corrected chi connectivity index (χ2v) is 6.22. The lowest BCUT2D eigenvalue weighted by Gasteiger charge is -2.07. The quantitative estimate of drug-likeness (QED) is 0.644. The van der Waals surface area contributed by atoms with Gasteiger partial charge in [0.15, 0.2) is 0 Å². The lowest BCUT2D eigenvalue weighted by Crippen LogP contribution is -2.18. The van der Waals surface area contributed by atoms with E-state index in [0.717, 1.165) is 66.7 Å². The average molecular weight is 338 g/mol. The molecule has 0 amide bonds. The van der Waals surface area contributed by atoms with Crippen molar-refractivity contribution in [3.8, 4) is 17.0 Å². The highest BCUT2D eigenvalue weighted by Gasteiger charge is 2.16. The van der Waals surface area contributed by atoms with Gasteiger partial charge in [-0.3, -0.25) is 5.10 Å². The Morgan fingerprint density at radius 1 is 1.32 bits per heavy atom. The van der Waals surface area contributed by atoms with Gasteiger partial charge in [-0.1, -0.05) is 12.1 Å². The smallest absolute Gasteiger partial charge is 0.134 e. The highest BCUT2D eigenvalue weighted by Crippen LogP contribution is 2.24. The minimum Gasteiger partial charge on any atom is -0.497 e. The summed E-state index contributed by atoms with van der Waals surface area (Å²) in [5.41, 5.74) is 3.23. The number of hydrogen-bond donors (Lipinski definition) is 2.